The molecule has 1 heterocycles. The fourth-order valence-corrected chi connectivity index (χ4v) is 4.90. The second-order valence-corrected chi connectivity index (χ2v) is 9.01. The van der Waals surface area contributed by atoms with Crippen molar-refractivity contribution in [3.05, 3.63) is 131 Å². The first-order chi connectivity index (χ1) is 17.2. The van der Waals surface area contributed by atoms with Gasteiger partial charge >= 0.3 is 0 Å². The Bertz CT molecular complexity index is 1260. The first kappa shape index (κ1) is 23.0. The Morgan fingerprint density at radius 3 is 2.14 bits per heavy atom. The zero-order valence-corrected chi connectivity index (χ0v) is 19.7. The number of nitrogens with zero attached hydrogens (tertiary/aromatic N) is 2. The molecule has 35 heavy (non-hydrogen) atoms. The predicted molar refractivity (Wildman–Crippen MR) is 139 cm³/mol. The minimum atomic E-state index is -0.467. The highest BCUT2D eigenvalue weighted by molar-refractivity contribution is 5.94. The van der Waals surface area contributed by atoms with Crippen molar-refractivity contribution >= 4 is 5.91 Å². The molecule has 3 nitrogen and oxygen atoms in total. The van der Waals surface area contributed by atoms with Crippen LogP contribution in [0.5, 0.6) is 0 Å². The maximum Gasteiger partial charge on any atom is 0.254 e. The van der Waals surface area contributed by atoms with E-state index >= 15 is 0 Å². The van der Waals surface area contributed by atoms with Crippen LogP contribution in [0.2, 0.25) is 0 Å². The highest BCUT2D eigenvalue weighted by atomic mass is 19.1. The molecule has 0 aromatic heterocycles. The lowest BCUT2D eigenvalue weighted by atomic mass is 9.98. The molecular weight excluding hydrogens is 435 g/mol. The van der Waals surface area contributed by atoms with Crippen LogP contribution in [0.4, 0.5) is 4.39 Å². The van der Waals surface area contributed by atoms with Crippen molar-refractivity contribution in [2.75, 3.05) is 19.6 Å². The topological polar surface area (TPSA) is 23.6 Å². The predicted octanol–water partition coefficient (Wildman–Crippen LogP) is 6.52. The van der Waals surface area contributed by atoms with Crippen LogP contribution in [0.25, 0.3) is 11.1 Å². The molecule has 1 unspecified atom stereocenters. The van der Waals surface area contributed by atoms with Crippen LogP contribution in [-0.4, -0.2) is 35.3 Å². The highest BCUT2D eigenvalue weighted by Gasteiger charge is 2.32. The lowest BCUT2D eigenvalue weighted by molar-refractivity contribution is 0.0434. The average Bonchev–Trinajstić information content (AvgIpc) is 2.94. The summed E-state index contributed by atoms with van der Waals surface area (Å²) in [6.07, 6.45) is 0. The van der Waals surface area contributed by atoms with Gasteiger partial charge in [0.25, 0.3) is 5.91 Å². The molecule has 1 fully saturated rings. The molecule has 4 aromatic rings. The fourth-order valence-electron chi connectivity index (χ4n) is 4.90. The van der Waals surface area contributed by atoms with Crippen LogP contribution < -0.4 is 0 Å². The molecule has 0 N–H and O–H groups in total. The molecule has 176 valence electrons. The number of benzene rings is 4. The molecule has 1 saturated heterocycles. The summed E-state index contributed by atoms with van der Waals surface area (Å²) in [5.41, 5.74) is 5.78. The Morgan fingerprint density at radius 2 is 1.43 bits per heavy atom. The summed E-state index contributed by atoms with van der Waals surface area (Å²) in [5.74, 6) is 0.0787. The lowest BCUT2D eigenvalue weighted by Crippen LogP contribution is -2.50. The van der Waals surface area contributed by atoms with Gasteiger partial charge in [-0.1, -0.05) is 97.1 Å². The maximum atomic E-state index is 13.4. The zero-order chi connectivity index (χ0) is 24.0. The van der Waals surface area contributed by atoms with Gasteiger partial charge in [-0.2, -0.15) is 0 Å². The summed E-state index contributed by atoms with van der Waals surface area (Å²) in [5, 5.41) is 0. The molecule has 1 aliphatic rings. The molecule has 0 saturated carbocycles. The zero-order valence-electron chi connectivity index (χ0n) is 19.7. The Balaban J connectivity index is 1.33. The third-order valence-electron chi connectivity index (χ3n) is 6.76. The number of carbonyl (C=O) groups is 1. The second kappa shape index (κ2) is 10.7. The second-order valence-electron chi connectivity index (χ2n) is 9.01. The summed E-state index contributed by atoms with van der Waals surface area (Å²) in [6.45, 7) is 2.60. The number of piperazine rings is 1. The standard InChI is InChI=1S/C31H29FN2O/c32-21-28-13-7-8-14-29(28)25-17-15-24(16-18-25)22-33-19-20-34(31(35)27-11-5-2-6-12-27)30(23-33)26-9-3-1-4-10-26/h1-18,30H,19-23H2. The molecule has 0 aliphatic carbocycles. The van der Waals surface area contributed by atoms with E-state index < -0.39 is 6.67 Å². The largest absolute Gasteiger partial charge is 0.329 e. The van der Waals surface area contributed by atoms with E-state index in [2.05, 4.69) is 41.3 Å². The monoisotopic (exact) mass is 464 g/mol. The van der Waals surface area contributed by atoms with Crippen molar-refractivity contribution in [1.29, 1.82) is 0 Å². The number of hydrogen-bond acceptors (Lipinski definition) is 2. The van der Waals surface area contributed by atoms with Gasteiger partial charge in [-0.25, -0.2) is 4.39 Å². The highest BCUT2D eigenvalue weighted by Crippen LogP contribution is 2.29. The SMILES string of the molecule is O=C(c1ccccc1)N1CCN(Cc2ccc(-c3ccccc3CF)cc2)CC1c1ccccc1. The van der Waals surface area contributed by atoms with Crippen molar-refractivity contribution in [3.63, 3.8) is 0 Å². The van der Waals surface area contributed by atoms with Crippen LogP contribution in [0.3, 0.4) is 0 Å². The number of amides is 1. The van der Waals surface area contributed by atoms with E-state index in [1.165, 1.54) is 5.56 Å². The number of hydrogen-bond donors (Lipinski definition) is 0. The number of halogens is 1. The lowest BCUT2D eigenvalue weighted by Gasteiger charge is -2.42. The Labute approximate surface area is 206 Å². The molecule has 1 atom stereocenters. The van der Waals surface area contributed by atoms with Gasteiger partial charge < -0.3 is 4.90 Å². The van der Waals surface area contributed by atoms with Crippen molar-refractivity contribution in [1.82, 2.24) is 9.80 Å². The molecule has 0 bridgehead atoms. The molecule has 5 rings (SSSR count). The molecular formula is C31H29FN2O. The first-order valence-electron chi connectivity index (χ1n) is 12.1. The van der Waals surface area contributed by atoms with Gasteiger partial charge in [0.1, 0.15) is 6.67 Å². The summed E-state index contributed by atoms with van der Waals surface area (Å²) in [7, 11) is 0. The van der Waals surface area contributed by atoms with Gasteiger partial charge in [0.2, 0.25) is 0 Å². The summed E-state index contributed by atoms with van der Waals surface area (Å²) in [6, 6.07) is 35.9. The molecule has 1 amide bonds. The molecule has 0 radical (unpaired) electrons. The van der Waals surface area contributed by atoms with E-state index in [0.717, 1.165) is 41.9 Å². The quantitative estimate of drug-likeness (QED) is 0.324. The van der Waals surface area contributed by atoms with Crippen LogP contribution >= 0.6 is 0 Å². The van der Waals surface area contributed by atoms with E-state index in [0.29, 0.717) is 12.1 Å². The van der Waals surface area contributed by atoms with E-state index in [-0.39, 0.29) is 11.9 Å². The van der Waals surface area contributed by atoms with Gasteiger partial charge in [-0.15, -0.1) is 0 Å². The van der Waals surface area contributed by atoms with E-state index in [1.54, 1.807) is 0 Å². The summed E-state index contributed by atoms with van der Waals surface area (Å²) in [4.78, 5) is 17.8. The van der Waals surface area contributed by atoms with Crippen LogP contribution in [-0.2, 0) is 13.2 Å². The summed E-state index contributed by atoms with van der Waals surface area (Å²) < 4.78 is 13.4. The van der Waals surface area contributed by atoms with E-state index in [9.17, 15) is 9.18 Å². The molecule has 1 aliphatic heterocycles. The number of rotatable bonds is 6. The molecule has 0 spiro atoms. The maximum absolute atomic E-state index is 13.4. The van der Waals surface area contributed by atoms with Crippen molar-refractivity contribution in [3.8, 4) is 11.1 Å². The minimum absolute atomic E-state index is 0.00615. The minimum Gasteiger partial charge on any atom is -0.329 e. The van der Waals surface area contributed by atoms with Gasteiger partial charge in [0.05, 0.1) is 6.04 Å². The van der Waals surface area contributed by atoms with Gasteiger partial charge in [0, 0.05) is 31.7 Å². The Morgan fingerprint density at radius 1 is 0.771 bits per heavy atom. The van der Waals surface area contributed by atoms with Crippen LogP contribution in [0, 0.1) is 0 Å². The third kappa shape index (κ3) is 5.18. The van der Waals surface area contributed by atoms with Crippen molar-refractivity contribution < 1.29 is 9.18 Å². The fraction of sp³-hybridized carbons (Fsp3) is 0.194. The number of carbonyl (C=O) groups excluding carboxylic acids is 1. The van der Waals surface area contributed by atoms with Crippen molar-refractivity contribution in [2.45, 2.75) is 19.3 Å². The van der Waals surface area contributed by atoms with E-state index in [4.69, 9.17) is 0 Å². The smallest absolute Gasteiger partial charge is 0.254 e. The third-order valence-corrected chi connectivity index (χ3v) is 6.76. The normalized spacial score (nSPS) is 16.3. The Kier molecular flexibility index (Phi) is 7.01. The van der Waals surface area contributed by atoms with Gasteiger partial charge in [-0.05, 0) is 39.9 Å². The van der Waals surface area contributed by atoms with Crippen LogP contribution in [0.1, 0.15) is 33.1 Å². The van der Waals surface area contributed by atoms with Gasteiger partial charge in [0.15, 0.2) is 0 Å². The first-order valence-corrected chi connectivity index (χ1v) is 12.1. The Hall–Kier alpha value is -3.76. The van der Waals surface area contributed by atoms with E-state index in [1.807, 2.05) is 77.7 Å². The van der Waals surface area contributed by atoms with Crippen LogP contribution in [0.15, 0.2) is 109 Å². The summed E-state index contributed by atoms with van der Waals surface area (Å²) >= 11 is 0. The molecule has 4 aromatic carbocycles. The number of alkyl halides is 1. The van der Waals surface area contributed by atoms with Crippen molar-refractivity contribution in [2.24, 2.45) is 0 Å². The van der Waals surface area contributed by atoms with Gasteiger partial charge in [-0.3, -0.25) is 9.69 Å². The molecule has 4 heteroatoms. The average molecular weight is 465 g/mol.